The summed E-state index contributed by atoms with van der Waals surface area (Å²) in [7, 11) is 0. The van der Waals surface area contributed by atoms with Crippen molar-refractivity contribution >= 4 is 32.7 Å². The molecule has 0 spiro atoms. The molecule has 2 heterocycles. The number of hydrogen-bond donors (Lipinski definition) is 3. The molecule has 3 rings (SSSR count). The van der Waals surface area contributed by atoms with Crippen LogP contribution >= 0.6 is 15.9 Å². The molecule has 0 aliphatic carbocycles. The predicted octanol–water partition coefficient (Wildman–Crippen LogP) is 3.44. The lowest BCUT2D eigenvalue weighted by Crippen LogP contribution is -2.00. The second-order valence-corrected chi connectivity index (χ2v) is 5.92. The van der Waals surface area contributed by atoms with Gasteiger partial charge in [-0.25, -0.2) is 4.79 Å². The van der Waals surface area contributed by atoms with Crippen LogP contribution in [0.15, 0.2) is 39.9 Å². The first-order valence-corrected chi connectivity index (χ1v) is 7.75. The number of halogens is 1. The molecule has 110 valence electrons. The molecule has 3 N–H and O–H groups in total. The molecule has 3 aromatic rings. The summed E-state index contributed by atoms with van der Waals surface area (Å²) in [6.45, 7) is 3.96. The highest BCUT2D eigenvalue weighted by molar-refractivity contribution is 9.10. The summed E-state index contributed by atoms with van der Waals surface area (Å²) in [6, 6.07) is 5.95. The van der Waals surface area contributed by atoms with Gasteiger partial charge in [0.15, 0.2) is 0 Å². The Hall–Kier alpha value is -1.95. The third-order valence-corrected chi connectivity index (χ3v) is 4.04. The summed E-state index contributed by atoms with van der Waals surface area (Å²) in [4.78, 5) is 16.8. The summed E-state index contributed by atoms with van der Waals surface area (Å²) >= 11 is 3.53. The summed E-state index contributed by atoms with van der Waals surface area (Å²) in [5, 5.41) is 3.39. The maximum Gasteiger partial charge on any atom is 0.323 e. The van der Waals surface area contributed by atoms with E-state index >= 15 is 0 Å². The Morgan fingerprint density at radius 1 is 1.29 bits per heavy atom. The fourth-order valence-electron chi connectivity index (χ4n) is 2.38. The van der Waals surface area contributed by atoms with Crippen LogP contribution in [0.5, 0.6) is 0 Å². The second-order valence-electron chi connectivity index (χ2n) is 5.07. The van der Waals surface area contributed by atoms with Gasteiger partial charge in [0.2, 0.25) is 0 Å². The predicted molar refractivity (Wildman–Crippen MR) is 88.7 cm³/mol. The molecule has 5 nitrogen and oxygen atoms in total. The Bertz CT molecular complexity index is 815. The van der Waals surface area contributed by atoms with Crippen molar-refractivity contribution in [3.63, 3.8) is 0 Å². The molecule has 1 aromatic carbocycles. The number of hydrogen-bond acceptors (Lipinski definition) is 2. The quantitative estimate of drug-likeness (QED) is 0.661. The number of anilines is 1. The van der Waals surface area contributed by atoms with Gasteiger partial charge in [-0.1, -0.05) is 6.92 Å². The molecular formula is C15H17BrN4O. The molecule has 0 aliphatic rings. The topological polar surface area (TPSA) is 65.6 Å². The van der Waals surface area contributed by atoms with Crippen LogP contribution in [0.2, 0.25) is 0 Å². The van der Waals surface area contributed by atoms with E-state index in [1.165, 1.54) is 5.56 Å². The lowest BCUT2D eigenvalue weighted by Gasteiger charge is -2.08. The molecule has 0 unspecified atom stereocenters. The van der Waals surface area contributed by atoms with E-state index in [1.807, 2.05) is 12.1 Å². The van der Waals surface area contributed by atoms with Gasteiger partial charge in [0.05, 0.1) is 16.7 Å². The Morgan fingerprint density at radius 3 is 2.81 bits per heavy atom. The van der Waals surface area contributed by atoms with Crippen LogP contribution in [0.4, 0.5) is 5.69 Å². The van der Waals surface area contributed by atoms with Gasteiger partial charge in [-0.2, -0.15) is 0 Å². The minimum atomic E-state index is -0.189. The van der Waals surface area contributed by atoms with Crippen molar-refractivity contribution in [3.05, 3.63) is 51.1 Å². The Kier molecular flexibility index (Phi) is 3.88. The van der Waals surface area contributed by atoms with Crippen LogP contribution in [0.3, 0.4) is 0 Å². The van der Waals surface area contributed by atoms with Crippen molar-refractivity contribution in [2.75, 3.05) is 5.32 Å². The van der Waals surface area contributed by atoms with E-state index < -0.39 is 0 Å². The number of imidazole rings is 1. The highest BCUT2D eigenvalue weighted by Gasteiger charge is 2.05. The van der Waals surface area contributed by atoms with E-state index in [2.05, 4.69) is 61.2 Å². The second kappa shape index (κ2) is 5.81. The van der Waals surface area contributed by atoms with Crippen LogP contribution in [-0.2, 0) is 13.1 Å². The van der Waals surface area contributed by atoms with Gasteiger partial charge in [-0.05, 0) is 46.1 Å². The number of nitrogens with one attached hydrogen (secondary N) is 3. The first-order valence-electron chi connectivity index (χ1n) is 6.96. The minimum absolute atomic E-state index is 0.189. The third kappa shape index (κ3) is 3.05. The molecule has 0 saturated heterocycles. The maximum absolute atomic E-state index is 11.3. The van der Waals surface area contributed by atoms with E-state index in [1.54, 1.807) is 0 Å². The largest absolute Gasteiger partial charge is 0.380 e. The Labute approximate surface area is 130 Å². The molecule has 0 radical (unpaired) electrons. The normalized spacial score (nSPS) is 11.1. The van der Waals surface area contributed by atoms with Gasteiger partial charge >= 0.3 is 5.69 Å². The number of benzene rings is 1. The third-order valence-electron chi connectivity index (χ3n) is 3.38. The number of H-pyrrole nitrogens is 2. The van der Waals surface area contributed by atoms with E-state index in [4.69, 9.17) is 0 Å². The number of aryl methyl sites for hydroxylation is 1. The fourth-order valence-corrected chi connectivity index (χ4v) is 2.86. The smallest absolute Gasteiger partial charge is 0.323 e. The van der Waals surface area contributed by atoms with Crippen LogP contribution in [0.25, 0.3) is 11.0 Å². The van der Waals surface area contributed by atoms with Gasteiger partial charge in [0.25, 0.3) is 0 Å². The lowest BCUT2D eigenvalue weighted by molar-refractivity contribution is 0.682. The zero-order valence-corrected chi connectivity index (χ0v) is 13.3. The van der Waals surface area contributed by atoms with Gasteiger partial charge in [-0.15, -0.1) is 0 Å². The van der Waals surface area contributed by atoms with Gasteiger partial charge < -0.3 is 19.9 Å². The van der Waals surface area contributed by atoms with Crippen LogP contribution in [-0.4, -0.2) is 14.5 Å². The van der Waals surface area contributed by atoms with E-state index in [9.17, 15) is 4.79 Å². The van der Waals surface area contributed by atoms with Crippen molar-refractivity contribution < 1.29 is 0 Å². The van der Waals surface area contributed by atoms with Crippen molar-refractivity contribution in [1.82, 2.24) is 14.5 Å². The molecule has 6 heteroatoms. The molecule has 0 aliphatic heterocycles. The van der Waals surface area contributed by atoms with Crippen molar-refractivity contribution in [2.45, 2.75) is 26.4 Å². The van der Waals surface area contributed by atoms with Crippen molar-refractivity contribution in [2.24, 2.45) is 0 Å². The molecule has 0 saturated carbocycles. The lowest BCUT2D eigenvalue weighted by atomic mass is 10.2. The molecular weight excluding hydrogens is 332 g/mol. The highest BCUT2D eigenvalue weighted by atomic mass is 79.9. The summed E-state index contributed by atoms with van der Waals surface area (Å²) < 4.78 is 3.12. The molecule has 0 fully saturated rings. The molecule has 2 aromatic heterocycles. The fraction of sp³-hybridized carbons (Fsp3) is 0.267. The minimum Gasteiger partial charge on any atom is -0.380 e. The molecule has 0 bridgehead atoms. The van der Waals surface area contributed by atoms with Crippen LogP contribution in [0.1, 0.15) is 18.9 Å². The van der Waals surface area contributed by atoms with Crippen molar-refractivity contribution in [3.8, 4) is 0 Å². The highest BCUT2D eigenvalue weighted by Crippen LogP contribution is 2.26. The first-order chi connectivity index (χ1) is 10.2. The summed E-state index contributed by atoms with van der Waals surface area (Å²) in [6.07, 6.45) is 5.38. The number of nitrogens with zero attached hydrogens (tertiary/aromatic N) is 1. The molecule has 21 heavy (non-hydrogen) atoms. The number of aromatic nitrogens is 3. The average Bonchev–Trinajstić information content (AvgIpc) is 3.02. The number of rotatable bonds is 5. The standard InChI is InChI=1S/C15H17BrN4O/c1-2-4-20-5-3-10(9-20)8-17-12-7-14-13(6-11(12)16)18-15(21)19-14/h3,5-7,9,17H,2,4,8H2,1H3,(H2,18,19,21). The van der Waals surface area contributed by atoms with Crippen LogP contribution in [0, 0.1) is 0 Å². The van der Waals surface area contributed by atoms with Crippen molar-refractivity contribution in [1.29, 1.82) is 0 Å². The number of fused-ring (bicyclic) bond motifs is 1. The first kappa shape index (κ1) is 14.0. The van der Waals surface area contributed by atoms with E-state index in [0.717, 1.165) is 40.7 Å². The molecule has 0 amide bonds. The Morgan fingerprint density at radius 2 is 2.05 bits per heavy atom. The zero-order valence-electron chi connectivity index (χ0n) is 11.7. The van der Waals surface area contributed by atoms with E-state index in [0.29, 0.717) is 0 Å². The number of aromatic amines is 2. The summed E-state index contributed by atoms with van der Waals surface area (Å²) in [5.74, 6) is 0. The van der Waals surface area contributed by atoms with Gasteiger partial charge in [0.1, 0.15) is 0 Å². The Balaban J connectivity index is 1.77. The zero-order chi connectivity index (χ0) is 14.8. The SMILES string of the molecule is CCCn1ccc(CNc2cc3[nH]c(=O)[nH]c3cc2Br)c1. The van der Waals surface area contributed by atoms with Crippen LogP contribution < -0.4 is 11.0 Å². The maximum atomic E-state index is 11.3. The van der Waals surface area contributed by atoms with Gasteiger partial charge in [0, 0.05) is 30.0 Å². The average molecular weight is 349 g/mol. The summed E-state index contributed by atoms with van der Waals surface area (Å²) in [5.41, 5.74) is 3.60. The van der Waals surface area contributed by atoms with Gasteiger partial charge in [-0.3, -0.25) is 0 Å². The molecule has 0 atom stereocenters. The van der Waals surface area contributed by atoms with E-state index in [-0.39, 0.29) is 5.69 Å². The monoisotopic (exact) mass is 348 g/mol.